The number of hydrogen-bond donors (Lipinski definition) is 0. The normalized spacial score (nSPS) is 12.6. The second kappa shape index (κ2) is 4.01. The lowest BCUT2D eigenvalue weighted by molar-refractivity contribution is -0.107. The van der Waals surface area contributed by atoms with E-state index in [4.69, 9.17) is 11.6 Å². The molecule has 0 saturated heterocycles. The minimum absolute atomic E-state index is 0.0596. The van der Waals surface area contributed by atoms with E-state index in [-0.39, 0.29) is 5.02 Å². The van der Waals surface area contributed by atoms with Crippen LogP contribution in [-0.4, -0.2) is 6.29 Å². The summed E-state index contributed by atoms with van der Waals surface area (Å²) in [6, 6.07) is 4.25. The lowest BCUT2D eigenvalue weighted by atomic mass is 10.2. The lowest BCUT2D eigenvalue weighted by Crippen LogP contribution is -1.91. The van der Waals surface area contributed by atoms with Crippen molar-refractivity contribution < 1.29 is 9.18 Å². The summed E-state index contributed by atoms with van der Waals surface area (Å²) in [4.78, 5) is 9.83. The van der Waals surface area contributed by atoms with Crippen LogP contribution in [-0.2, 0) is 4.79 Å². The fourth-order valence-corrected chi connectivity index (χ4v) is 1.16. The highest BCUT2D eigenvalue weighted by Gasteiger charge is 2.07. The first-order valence-corrected chi connectivity index (χ1v) is 4.49. The van der Waals surface area contributed by atoms with Crippen molar-refractivity contribution in [1.82, 2.24) is 0 Å². The fraction of sp³-hybridized carbons (Fsp3) is 0.125. The second-order valence-electron chi connectivity index (χ2n) is 2.21. The first kappa shape index (κ1) is 9.68. The van der Waals surface area contributed by atoms with E-state index in [1.54, 1.807) is 6.07 Å². The number of carbonyl (C=O) groups is 1. The Kier molecular flexibility index (Phi) is 3.23. The minimum Gasteiger partial charge on any atom is -0.302 e. The average molecular weight is 251 g/mol. The summed E-state index contributed by atoms with van der Waals surface area (Å²) in [5.41, 5.74) is 0.562. The van der Waals surface area contributed by atoms with Gasteiger partial charge in [-0.1, -0.05) is 33.6 Å². The molecule has 64 valence electrons. The van der Waals surface area contributed by atoms with E-state index < -0.39 is 10.6 Å². The first-order valence-electron chi connectivity index (χ1n) is 3.19. The molecule has 1 rings (SSSR count). The third kappa shape index (κ3) is 2.05. The van der Waals surface area contributed by atoms with Crippen LogP contribution >= 0.6 is 27.5 Å². The van der Waals surface area contributed by atoms with Gasteiger partial charge in [0.2, 0.25) is 0 Å². The van der Waals surface area contributed by atoms with E-state index in [0.717, 1.165) is 0 Å². The zero-order valence-corrected chi connectivity index (χ0v) is 8.27. The Hall–Kier alpha value is -0.410. The van der Waals surface area contributed by atoms with Crippen LogP contribution in [0.3, 0.4) is 0 Å². The van der Waals surface area contributed by atoms with Gasteiger partial charge in [-0.2, -0.15) is 0 Å². The molecule has 12 heavy (non-hydrogen) atoms. The summed E-state index contributed by atoms with van der Waals surface area (Å²) in [5, 5.41) is 0.0596. The zero-order chi connectivity index (χ0) is 9.14. The highest BCUT2D eigenvalue weighted by Crippen LogP contribution is 2.24. The SMILES string of the molecule is O=CC(Br)c1ccc(Cl)c(F)c1. The predicted octanol–water partition coefficient (Wildman–Crippen LogP) is 3.11. The third-order valence-corrected chi connectivity index (χ3v) is 2.43. The van der Waals surface area contributed by atoms with Crippen LogP contribution in [0, 0.1) is 5.82 Å². The molecule has 0 aliphatic heterocycles. The smallest absolute Gasteiger partial charge is 0.142 e. The molecule has 1 unspecified atom stereocenters. The Bertz CT molecular complexity index is 303. The summed E-state index contributed by atoms with van der Waals surface area (Å²) in [5.74, 6) is -0.513. The molecule has 0 aliphatic carbocycles. The minimum atomic E-state index is -0.513. The lowest BCUT2D eigenvalue weighted by Gasteiger charge is -2.02. The van der Waals surface area contributed by atoms with Crippen molar-refractivity contribution in [3.63, 3.8) is 0 Å². The van der Waals surface area contributed by atoms with E-state index in [0.29, 0.717) is 11.8 Å². The molecule has 0 radical (unpaired) electrons. The summed E-state index contributed by atoms with van der Waals surface area (Å²) >= 11 is 8.52. The maximum absolute atomic E-state index is 12.8. The van der Waals surface area contributed by atoms with Crippen LogP contribution in [0.2, 0.25) is 5.02 Å². The predicted molar refractivity (Wildman–Crippen MR) is 49.1 cm³/mol. The van der Waals surface area contributed by atoms with Crippen molar-refractivity contribution in [1.29, 1.82) is 0 Å². The van der Waals surface area contributed by atoms with Gasteiger partial charge < -0.3 is 4.79 Å². The van der Waals surface area contributed by atoms with E-state index in [1.807, 2.05) is 0 Å². The van der Waals surface area contributed by atoms with Gasteiger partial charge >= 0.3 is 0 Å². The number of hydrogen-bond acceptors (Lipinski definition) is 1. The largest absolute Gasteiger partial charge is 0.302 e. The molecule has 1 aromatic carbocycles. The quantitative estimate of drug-likeness (QED) is 0.583. The van der Waals surface area contributed by atoms with Gasteiger partial charge in [0.1, 0.15) is 12.1 Å². The van der Waals surface area contributed by atoms with Crippen molar-refractivity contribution in [2.45, 2.75) is 4.83 Å². The molecule has 0 aromatic heterocycles. The maximum atomic E-state index is 12.8. The molecule has 0 N–H and O–H groups in total. The number of rotatable bonds is 2. The molecule has 0 aliphatic rings. The molecule has 0 bridgehead atoms. The Morgan fingerprint density at radius 3 is 2.75 bits per heavy atom. The molecular formula is C8H5BrClFO. The second-order valence-corrected chi connectivity index (χ2v) is 3.61. The van der Waals surface area contributed by atoms with Crippen LogP contribution in [0.4, 0.5) is 4.39 Å². The van der Waals surface area contributed by atoms with Gasteiger partial charge in [-0.3, -0.25) is 0 Å². The summed E-state index contributed by atoms with van der Waals surface area (Å²) in [7, 11) is 0. The highest BCUT2D eigenvalue weighted by atomic mass is 79.9. The van der Waals surface area contributed by atoms with Crippen LogP contribution in [0.25, 0.3) is 0 Å². The highest BCUT2D eigenvalue weighted by molar-refractivity contribution is 9.09. The number of benzene rings is 1. The molecule has 1 nitrogen and oxygen atoms in total. The van der Waals surface area contributed by atoms with Crippen molar-refractivity contribution in [2.75, 3.05) is 0 Å². The summed E-state index contributed by atoms with van der Waals surface area (Å²) in [6.07, 6.45) is 0.683. The van der Waals surface area contributed by atoms with Crippen LogP contribution in [0.5, 0.6) is 0 Å². The molecule has 0 spiro atoms. The van der Waals surface area contributed by atoms with Gasteiger partial charge in [0.25, 0.3) is 0 Å². The van der Waals surface area contributed by atoms with Crippen molar-refractivity contribution in [3.8, 4) is 0 Å². The number of halogens is 3. The topological polar surface area (TPSA) is 17.1 Å². The molecule has 4 heteroatoms. The molecule has 0 fully saturated rings. The number of alkyl halides is 1. The maximum Gasteiger partial charge on any atom is 0.142 e. The number of carbonyl (C=O) groups excluding carboxylic acids is 1. The van der Waals surface area contributed by atoms with Gasteiger partial charge in [0.05, 0.1) is 9.85 Å². The molecular weight excluding hydrogens is 246 g/mol. The van der Waals surface area contributed by atoms with E-state index in [9.17, 15) is 9.18 Å². The molecule has 1 aromatic rings. The van der Waals surface area contributed by atoms with Crippen molar-refractivity contribution in [3.05, 3.63) is 34.6 Å². The van der Waals surface area contributed by atoms with E-state index in [2.05, 4.69) is 15.9 Å². The Balaban J connectivity index is 3.04. The van der Waals surface area contributed by atoms with Crippen LogP contribution < -0.4 is 0 Å². The Morgan fingerprint density at radius 1 is 1.58 bits per heavy atom. The monoisotopic (exact) mass is 250 g/mol. The summed E-state index contributed by atoms with van der Waals surface area (Å²) in [6.45, 7) is 0. The van der Waals surface area contributed by atoms with Gasteiger partial charge in [0.15, 0.2) is 0 Å². The Morgan fingerprint density at radius 2 is 2.25 bits per heavy atom. The molecule has 0 saturated carbocycles. The van der Waals surface area contributed by atoms with Gasteiger partial charge in [-0.25, -0.2) is 4.39 Å². The average Bonchev–Trinajstić information content (AvgIpc) is 2.08. The van der Waals surface area contributed by atoms with Crippen LogP contribution in [0.15, 0.2) is 18.2 Å². The van der Waals surface area contributed by atoms with Crippen molar-refractivity contribution in [2.24, 2.45) is 0 Å². The van der Waals surface area contributed by atoms with E-state index in [1.165, 1.54) is 12.1 Å². The molecule has 1 atom stereocenters. The summed E-state index contributed by atoms with van der Waals surface area (Å²) < 4.78 is 12.8. The van der Waals surface area contributed by atoms with Crippen LogP contribution in [0.1, 0.15) is 10.4 Å². The Labute approximate surface area is 82.7 Å². The van der Waals surface area contributed by atoms with Crippen molar-refractivity contribution >= 4 is 33.8 Å². The first-order chi connectivity index (χ1) is 5.65. The zero-order valence-electron chi connectivity index (χ0n) is 5.93. The third-order valence-electron chi connectivity index (χ3n) is 1.38. The molecule has 0 amide bonds. The van der Waals surface area contributed by atoms with Gasteiger partial charge in [-0.05, 0) is 17.7 Å². The number of aldehydes is 1. The van der Waals surface area contributed by atoms with Gasteiger partial charge in [-0.15, -0.1) is 0 Å². The van der Waals surface area contributed by atoms with Gasteiger partial charge in [0, 0.05) is 0 Å². The van der Waals surface area contributed by atoms with E-state index >= 15 is 0 Å². The molecule has 0 heterocycles. The fourth-order valence-electron chi connectivity index (χ4n) is 0.762. The standard InChI is InChI=1S/C8H5BrClFO/c9-6(4-12)5-1-2-7(10)8(11)3-5/h1-4,6H.